The number of likely N-dealkylation sites (N-methyl/N-ethyl adjacent to an activating group) is 1. The number of ether oxygens (including phenoxy) is 1. The van der Waals surface area contributed by atoms with Crippen molar-refractivity contribution in [1.29, 1.82) is 0 Å². The summed E-state index contributed by atoms with van der Waals surface area (Å²) >= 11 is 0. The summed E-state index contributed by atoms with van der Waals surface area (Å²) in [4.78, 5) is 32.9. The Morgan fingerprint density at radius 3 is 2.86 bits per heavy atom. The number of hydrogen-bond acceptors (Lipinski definition) is 5. The molecular formula is C20H30N6O3. The van der Waals surface area contributed by atoms with E-state index >= 15 is 0 Å². The molecule has 9 heteroatoms. The van der Waals surface area contributed by atoms with Gasteiger partial charge < -0.3 is 25.2 Å². The Morgan fingerprint density at radius 2 is 2.21 bits per heavy atom. The van der Waals surface area contributed by atoms with Gasteiger partial charge in [0.15, 0.2) is 0 Å². The second-order valence-electron chi connectivity index (χ2n) is 6.93. The SMILES string of the molecule is CCc1nc2ccc(C(=O)NCCN3CCNC3=O)cn2c1N(CC)CCOC. The van der Waals surface area contributed by atoms with Gasteiger partial charge in [0, 0.05) is 52.6 Å². The number of carbonyl (C=O) groups excluding carboxylic acids is 2. The zero-order valence-electron chi connectivity index (χ0n) is 17.4. The van der Waals surface area contributed by atoms with Crippen LogP contribution in [0.5, 0.6) is 0 Å². The predicted octanol–water partition coefficient (Wildman–Crippen LogP) is 1.12. The maximum absolute atomic E-state index is 12.6. The highest BCUT2D eigenvalue weighted by molar-refractivity contribution is 5.94. The van der Waals surface area contributed by atoms with Crippen LogP contribution in [0.3, 0.4) is 0 Å². The van der Waals surface area contributed by atoms with Crippen LogP contribution >= 0.6 is 0 Å². The first-order valence-electron chi connectivity index (χ1n) is 10.1. The summed E-state index contributed by atoms with van der Waals surface area (Å²) in [6.07, 6.45) is 2.64. The van der Waals surface area contributed by atoms with Gasteiger partial charge in [-0.25, -0.2) is 9.78 Å². The molecule has 29 heavy (non-hydrogen) atoms. The first kappa shape index (κ1) is 20.9. The number of anilines is 1. The molecule has 158 valence electrons. The minimum Gasteiger partial charge on any atom is -0.383 e. The predicted molar refractivity (Wildman–Crippen MR) is 112 cm³/mol. The topological polar surface area (TPSA) is 91.2 Å². The van der Waals surface area contributed by atoms with Crippen LogP contribution in [0.25, 0.3) is 5.65 Å². The molecule has 2 aromatic heterocycles. The number of hydrogen-bond donors (Lipinski definition) is 2. The molecule has 0 spiro atoms. The number of fused-ring (bicyclic) bond motifs is 1. The molecule has 3 amide bonds. The van der Waals surface area contributed by atoms with Crippen LogP contribution in [0, 0.1) is 0 Å². The number of nitrogens with zero attached hydrogens (tertiary/aromatic N) is 4. The molecule has 1 aliphatic rings. The maximum atomic E-state index is 12.6. The first-order chi connectivity index (χ1) is 14.1. The lowest BCUT2D eigenvalue weighted by atomic mass is 10.2. The number of nitrogens with one attached hydrogen (secondary N) is 2. The third-order valence-electron chi connectivity index (χ3n) is 5.12. The fourth-order valence-corrected chi connectivity index (χ4v) is 3.53. The van der Waals surface area contributed by atoms with Crippen LogP contribution in [0.1, 0.15) is 29.9 Å². The van der Waals surface area contributed by atoms with Crippen molar-refractivity contribution >= 4 is 23.4 Å². The van der Waals surface area contributed by atoms with Crippen molar-refractivity contribution in [1.82, 2.24) is 24.9 Å². The molecule has 1 fully saturated rings. The highest BCUT2D eigenvalue weighted by Gasteiger charge is 2.20. The van der Waals surface area contributed by atoms with Gasteiger partial charge in [-0.2, -0.15) is 0 Å². The standard InChI is InChI=1S/C20H30N6O3/c1-4-16-19(24(5-2)12-13-29-3)26-14-15(6-7-17(26)23-16)18(27)21-8-10-25-11-9-22-20(25)28/h6-7,14H,4-5,8-13H2,1-3H3,(H,21,27)(H,22,28). The quantitative estimate of drug-likeness (QED) is 0.622. The van der Waals surface area contributed by atoms with E-state index in [1.165, 1.54) is 0 Å². The molecule has 0 saturated carbocycles. The molecule has 0 atom stereocenters. The highest BCUT2D eigenvalue weighted by atomic mass is 16.5. The lowest BCUT2D eigenvalue weighted by Gasteiger charge is -2.23. The van der Waals surface area contributed by atoms with E-state index in [1.807, 2.05) is 16.7 Å². The molecule has 3 heterocycles. The monoisotopic (exact) mass is 402 g/mol. The van der Waals surface area contributed by atoms with Crippen LogP contribution in [-0.4, -0.2) is 79.2 Å². The van der Waals surface area contributed by atoms with Crippen LogP contribution < -0.4 is 15.5 Å². The summed E-state index contributed by atoms with van der Waals surface area (Å²) in [5, 5.41) is 5.66. The van der Waals surface area contributed by atoms with E-state index in [2.05, 4.69) is 29.4 Å². The zero-order chi connectivity index (χ0) is 20.8. The van der Waals surface area contributed by atoms with Crippen molar-refractivity contribution in [2.24, 2.45) is 0 Å². The van der Waals surface area contributed by atoms with E-state index in [1.54, 1.807) is 18.1 Å². The number of urea groups is 1. The van der Waals surface area contributed by atoms with Gasteiger partial charge in [-0.15, -0.1) is 0 Å². The summed E-state index contributed by atoms with van der Waals surface area (Å²) in [7, 11) is 1.69. The fourth-order valence-electron chi connectivity index (χ4n) is 3.53. The van der Waals surface area contributed by atoms with Crippen LogP contribution in [0.15, 0.2) is 18.3 Å². The Labute approximate surface area is 171 Å². The van der Waals surface area contributed by atoms with Gasteiger partial charge in [-0.3, -0.25) is 9.20 Å². The number of rotatable bonds is 10. The Kier molecular flexibility index (Phi) is 6.92. The van der Waals surface area contributed by atoms with Crippen LogP contribution in [0.4, 0.5) is 10.6 Å². The van der Waals surface area contributed by atoms with Gasteiger partial charge in [-0.1, -0.05) is 6.92 Å². The molecule has 3 rings (SSSR count). The van der Waals surface area contributed by atoms with Gasteiger partial charge in [-0.05, 0) is 25.5 Å². The number of amides is 3. The molecule has 0 bridgehead atoms. The minimum absolute atomic E-state index is 0.0773. The molecular weight excluding hydrogens is 372 g/mol. The molecule has 1 saturated heterocycles. The Morgan fingerprint density at radius 1 is 1.38 bits per heavy atom. The van der Waals surface area contributed by atoms with Crippen LogP contribution in [0.2, 0.25) is 0 Å². The normalized spacial score (nSPS) is 13.8. The maximum Gasteiger partial charge on any atom is 0.317 e. The molecule has 0 aromatic carbocycles. The molecule has 0 radical (unpaired) electrons. The third-order valence-corrected chi connectivity index (χ3v) is 5.12. The van der Waals surface area contributed by atoms with E-state index in [9.17, 15) is 9.59 Å². The molecule has 1 aliphatic heterocycles. The first-order valence-corrected chi connectivity index (χ1v) is 10.1. The van der Waals surface area contributed by atoms with Crippen LogP contribution in [-0.2, 0) is 11.2 Å². The lowest BCUT2D eigenvalue weighted by molar-refractivity contribution is 0.0950. The van der Waals surface area contributed by atoms with Crippen molar-refractivity contribution in [3.05, 3.63) is 29.6 Å². The Balaban J connectivity index is 1.77. The number of carbonyl (C=O) groups is 2. The third kappa shape index (κ3) is 4.61. The van der Waals surface area contributed by atoms with E-state index in [0.29, 0.717) is 38.3 Å². The largest absolute Gasteiger partial charge is 0.383 e. The molecule has 2 aromatic rings. The van der Waals surface area contributed by atoms with Gasteiger partial charge in [0.1, 0.15) is 11.5 Å². The van der Waals surface area contributed by atoms with Gasteiger partial charge >= 0.3 is 6.03 Å². The Bertz CT molecular complexity index is 865. The van der Waals surface area contributed by atoms with E-state index in [4.69, 9.17) is 9.72 Å². The summed E-state index contributed by atoms with van der Waals surface area (Å²) in [6.45, 7) is 8.61. The minimum atomic E-state index is -0.163. The van der Waals surface area contributed by atoms with Crippen molar-refractivity contribution in [3.63, 3.8) is 0 Å². The van der Waals surface area contributed by atoms with E-state index in [-0.39, 0.29) is 11.9 Å². The van der Waals surface area contributed by atoms with Gasteiger partial charge in [0.25, 0.3) is 5.91 Å². The summed E-state index contributed by atoms with van der Waals surface area (Å²) in [5.74, 6) is 0.842. The molecule has 0 aliphatic carbocycles. The number of aromatic nitrogens is 2. The van der Waals surface area contributed by atoms with Crippen molar-refractivity contribution in [2.45, 2.75) is 20.3 Å². The highest BCUT2D eigenvalue weighted by Crippen LogP contribution is 2.24. The van der Waals surface area contributed by atoms with Crippen molar-refractivity contribution in [2.75, 3.05) is 57.9 Å². The number of methoxy groups -OCH3 is 1. The Hall–Kier alpha value is -2.81. The summed E-state index contributed by atoms with van der Waals surface area (Å²) in [5.41, 5.74) is 2.38. The summed E-state index contributed by atoms with van der Waals surface area (Å²) < 4.78 is 7.23. The van der Waals surface area contributed by atoms with Crippen molar-refractivity contribution < 1.29 is 14.3 Å². The summed E-state index contributed by atoms with van der Waals surface area (Å²) in [6, 6.07) is 3.58. The molecule has 9 nitrogen and oxygen atoms in total. The van der Waals surface area contributed by atoms with E-state index in [0.717, 1.165) is 36.7 Å². The zero-order valence-corrected chi connectivity index (χ0v) is 17.4. The number of imidazole rings is 1. The molecule has 0 unspecified atom stereocenters. The second-order valence-corrected chi connectivity index (χ2v) is 6.93. The average molecular weight is 402 g/mol. The van der Waals surface area contributed by atoms with Gasteiger partial charge in [0.05, 0.1) is 17.9 Å². The second kappa shape index (κ2) is 9.60. The average Bonchev–Trinajstić information content (AvgIpc) is 3.31. The number of aryl methyl sites for hydroxylation is 1. The number of pyridine rings is 1. The molecule has 2 N–H and O–H groups in total. The van der Waals surface area contributed by atoms with Gasteiger partial charge in [0.2, 0.25) is 0 Å². The fraction of sp³-hybridized carbons (Fsp3) is 0.550. The van der Waals surface area contributed by atoms with E-state index < -0.39 is 0 Å². The lowest BCUT2D eigenvalue weighted by Crippen LogP contribution is -2.36. The smallest absolute Gasteiger partial charge is 0.317 e. The van der Waals surface area contributed by atoms with Crippen molar-refractivity contribution in [3.8, 4) is 0 Å².